The maximum atomic E-state index is 12.1. The minimum absolute atomic E-state index is 0.121. The molecule has 18 heavy (non-hydrogen) atoms. The van der Waals surface area contributed by atoms with Gasteiger partial charge in [-0.05, 0) is 12.1 Å². The van der Waals surface area contributed by atoms with E-state index in [1.165, 1.54) is 4.31 Å². The van der Waals surface area contributed by atoms with Gasteiger partial charge >= 0.3 is 0 Å². The van der Waals surface area contributed by atoms with Crippen LogP contribution < -0.4 is 5.73 Å². The monoisotopic (exact) mass is 271 g/mol. The van der Waals surface area contributed by atoms with Gasteiger partial charge in [0.05, 0.1) is 30.7 Å². The average molecular weight is 271 g/mol. The summed E-state index contributed by atoms with van der Waals surface area (Å²) in [4.78, 5) is 4.08. The van der Waals surface area contributed by atoms with Crippen molar-refractivity contribution in [3.63, 3.8) is 0 Å². The second-order valence-corrected chi connectivity index (χ2v) is 6.16. The van der Waals surface area contributed by atoms with Gasteiger partial charge in [-0.1, -0.05) is 6.07 Å². The molecule has 100 valence electrons. The third kappa shape index (κ3) is 3.26. The first-order valence-electron chi connectivity index (χ1n) is 5.82. The molecule has 1 aromatic rings. The second-order valence-electron chi connectivity index (χ2n) is 4.15. The number of ether oxygens (including phenoxy) is 1. The standard InChI is InChI=1S/C11H17N3O3S/c12-10(11-3-1-2-4-13-11)9-18(15,16)14-5-7-17-8-6-14/h1-4,10H,5-9,12H2. The zero-order valence-electron chi connectivity index (χ0n) is 10.0. The molecule has 1 unspecified atom stereocenters. The lowest BCUT2D eigenvalue weighted by molar-refractivity contribution is 0.0730. The van der Waals surface area contributed by atoms with E-state index in [9.17, 15) is 8.42 Å². The highest BCUT2D eigenvalue weighted by Gasteiger charge is 2.27. The van der Waals surface area contributed by atoms with Crippen molar-refractivity contribution in [1.29, 1.82) is 0 Å². The van der Waals surface area contributed by atoms with E-state index in [1.807, 2.05) is 0 Å². The van der Waals surface area contributed by atoms with E-state index in [2.05, 4.69) is 4.98 Å². The largest absolute Gasteiger partial charge is 0.379 e. The van der Waals surface area contributed by atoms with Gasteiger partial charge in [-0.2, -0.15) is 4.31 Å². The Morgan fingerprint density at radius 1 is 1.39 bits per heavy atom. The van der Waals surface area contributed by atoms with Gasteiger partial charge < -0.3 is 10.5 Å². The number of rotatable bonds is 4. The number of pyridine rings is 1. The van der Waals surface area contributed by atoms with Gasteiger partial charge in [0.1, 0.15) is 0 Å². The lowest BCUT2D eigenvalue weighted by Gasteiger charge is -2.27. The molecule has 0 aliphatic carbocycles. The first-order valence-corrected chi connectivity index (χ1v) is 7.42. The molecule has 0 saturated carbocycles. The third-order valence-corrected chi connectivity index (χ3v) is 4.75. The van der Waals surface area contributed by atoms with Gasteiger partial charge in [0.2, 0.25) is 10.0 Å². The summed E-state index contributed by atoms with van der Waals surface area (Å²) in [5.41, 5.74) is 6.48. The predicted molar refractivity (Wildman–Crippen MR) is 67.3 cm³/mol. The zero-order chi connectivity index (χ0) is 13.0. The minimum atomic E-state index is -3.34. The fourth-order valence-corrected chi connectivity index (χ4v) is 3.38. The maximum Gasteiger partial charge on any atom is 0.216 e. The number of sulfonamides is 1. The van der Waals surface area contributed by atoms with Crippen molar-refractivity contribution in [1.82, 2.24) is 9.29 Å². The minimum Gasteiger partial charge on any atom is -0.379 e. The number of hydrogen-bond acceptors (Lipinski definition) is 5. The summed E-state index contributed by atoms with van der Waals surface area (Å²) >= 11 is 0. The van der Waals surface area contributed by atoms with Crippen LogP contribution in [0.3, 0.4) is 0 Å². The van der Waals surface area contributed by atoms with Crippen molar-refractivity contribution in [2.45, 2.75) is 6.04 Å². The van der Waals surface area contributed by atoms with Crippen LogP contribution >= 0.6 is 0 Å². The molecule has 0 radical (unpaired) electrons. The Bertz CT molecular complexity index is 472. The van der Waals surface area contributed by atoms with Crippen molar-refractivity contribution in [2.75, 3.05) is 32.1 Å². The highest BCUT2D eigenvalue weighted by molar-refractivity contribution is 7.89. The molecule has 1 saturated heterocycles. The molecule has 7 heteroatoms. The summed E-state index contributed by atoms with van der Waals surface area (Å²) in [6.45, 7) is 1.69. The fraction of sp³-hybridized carbons (Fsp3) is 0.545. The molecule has 1 aliphatic rings. The highest BCUT2D eigenvalue weighted by Crippen LogP contribution is 2.13. The number of nitrogens with two attached hydrogens (primary N) is 1. The molecule has 2 rings (SSSR count). The summed E-state index contributed by atoms with van der Waals surface area (Å²) in [6.07, 6.45) is 1.61. The third-order valence-electron chi connectivity index (χ3n) is 2.82. The van der Waals surface area contributed by atoms with Crippen molar-refractivity contribution in [3.8, 4) is 0 Å². The van der Waals surface area contributed by atoms with E-state index in [0.29, 0.717) is 32.0 Å². The second kappa shape index (κ2) is 5.75. The van der Waals surface area contributed by atoms with Crippen LogP contribution in [0.2, 0.25) is 0 Å². The molecular formula is C11H17N3O3S. The molecule has 1 fully saturated rings. The number of morpholine rings is 1. The smallest absolute Gasteiger partial charge is 0.216 e. The van der Waals surface area contributed by atoms with Crippen molar-refractivity contribution < 1.29 is 13.2 Å². The van der Waals surface area contributed by atoms with Crippen molar-refractivity contribution in [2.24, 2.45) is 5.73 Å². The van der Waals surface area contributed by atoms with E-state index in [1.54, 1.807) is 24.4 Å². The molecular weight excluding hydrogens is 254 g/mol. The van der Waals surface area contributed by atoms with Crippen LogP contribution in [0.5, 0.6) is 0 Å². The number of aromatic nitrogens is 1. The molecule has 2 N–H and O–H groups in total. The van der Waals surface area contributed by atoms with E-state index < -0.39 is 16.1 Å². The van der Waals surface area contributed by atoms with Gasteiger partial charge in [-0.15, -0.1) is 0 Å². The predicted octanol–water partition coefficient (Wildman–Crippen LogP) is -0.257. The van der Waals surface area contributed by atoms with Crippen LogP contribution in [0.1, 0.15) is 11.7 Å². The summed E-state index contributed by atoms with van der Waals surface area (Å²) in [7, 11) is -3.34. The normalized spacial score (nSPS) is 19.6. The summed E-state index contributed by atoms with van der Waals surface area (Å²) in [5, 5.41) is 0. The Balaban J connectivity index is 2.03. The summed E-state index contributed by atoms with van der Waals surface area (Å²) in [5.74, 6) is -0.121. The Morgan fingerprint density at radius 2 is 2.11 bits per heavy atom. The van der Waals surface area contributed by atoms with Gasteiger partial charge in [0.25, 0.3) is 0 Å². The van der Waals surface area contributed by atoms with Crippen LogP contribution in [0.15, 0.2) is 24.4 Å². The first kappa shape index (κ1) is 13.4. The van der Waals surface area contributed by atoms with Crippen LogP contribution in [0, 0.1) is 0 Å². The van der Waals surface area contributed by atoms with Gasteiger partial charge in [0.15, 0.2) is 0 Å². The van der Waals surface area contributed by atoms with E-state index in [4.69, 9.17) is 10.5 Å². The van der Waals surface area contributed by atoms with E-state index in [-0.39, 0.29) is 5.75 Å². The lowest BCUT2D eigenvalue weighted by Crippen LogP contribution is -2.43. The van der Waals surface area contributed by atoms with E-state index >= 15 is 0 Å². The van der Waals surface area contributed by atoms with Crippen LogP contribution in [-0.4, -0.2) is 49.8 Å². The van der Waals surface area contributed by atoms with Crippen LogP contribution in [0.4, 0.5) is 0 Å². The molecule has 0 bridgehead atoms. The topological polar surface area (TPSA) is 85.5 Å². The summed E-state index contributed by atoms with van der Waals surface area (Å²) in [6, 6.07) is 4.70. The number of hydrogen-bond donors (Lipinski definition) is 1. The van der Waals surface area contributed by atoms with E-state index in [0.717, 1.165) is 0 Å². The van der Waals surface area contributed by atoms with Crippen LogP contribution in [0.25, 0.3) is 0 Å². The fourth-order valence-electron chi connectivity index (χ4n) is 1.84. The Hall–Kier alpha value is -1.02. The number of nitrogens with zero attached hydrogens (tertiary/aromatic N) is 2. The van der Waals surface area contributed by atoms with Crippen molar-refractivity contribution >= 4 is 10.0 Å². The molecule has 1 aromatic heterocycles. The first-order chi connectivity index (χ1) is 8.59. The van der Waals surface area contributed by atoms with Gasteiger partial charge in [0, 0.05) is 19.3 Å². The quantitative estimate of drug-likeness (QED) is 0.815. The SMILES string of the molecule is NC(CS(=O)(=O)N1CCOCC1)c1ccccn1. The molecule has 1 atom stereocenters. The molecule has 0 spiro atoms. The Kier molecular flexibility index (Phi) is 4.28. The molecule has 0 aromatic carbocycles. The Labute approximate surface area is 107 Å². The maximum absolute atomic E-state index is 12.1. The van der Waals surface area contributed by atoms with Crippen molar-refractivity contribution in [3.05, 3.63) is 30.1 Å². The molecule has 0 amide bonds. The highest BCUT2D eigenvalue weighted by atomic mass is 32.2. The average Bonchev–Trinajstić information content (AvgIpc) is 2.40. The van der Waals surface area contributed by atoms with Gasteiger partial charge in [-0.3, -0.25) is 4.98 Å². The molecule has 1 aliphatic heterocycles. The van der Waals surface area contributed by atoms with Crippen LogP contribution in [-0.2, 0) is 14.8 Å². The zero-order valence-corrected chi connectivity index (χ0v) is 10.8. The summed E-state index contributed by atoms with van der Waals surface area (Å²) < 4.78 is 30.8. The molecule has 6 nitrogen and oxygen atoms in total. The lowest BCUT2D eigenvalue weighted by atomic mass is 10.2. The Morgan fingerprint density at radius 3 is 2.72 bits per heavy atom. The molecule has 2 heterocycles. The van der Waals surface area contributed by atoms with Gasteiger partial charge in [-0.25, -0.2) is 8.42 Å².